The zero-order valence-electron chi connectivity index (χ0n) is 16.7. The van der Waals surface area contributed by atoms with E-state index in [-0.39, 0.29) is 36.0 Å². The summed E-state index contributed by atoms with van der Waals surface area (Å²) in [5.74, 6) is 1.14. The summed E-state index contributed by atoms with van der Waals surface area (Å²) in [4.78, 5) is 7.02. The van der Waals surface area contributed by atoms with Gasteiger partial charge in [-0.25, -0.2) is 12.7 Å². The summed E-state index contributed by atoms with van der Waals surface area (Å²) in [6, 6.07) is 0. The van der Waals surface area contributed by atoms with E-state index in [9.17, 15) is 8.42 Å². The number of hydrogen-bond acceptors (Lipinski definition) is 5. The van der Waals surface area contributed by atoms with Crippen molar-refractivity contribution >= 4 is 40.0 Å². The van der Waals surface area contributed by atoms with Gasteiger partial charge in [0.05, 0.1) is 25.6 Å². The first-order valence-electron chi connectivity index (χ1n) is 9.45. The topological polar surface area (TPSA) is 92.1 Å². The van der Waals surface area contributed by atoms with Crippen molar-refractivity contribution in [3.8, 4) is 0 Å². The number of halogens is 1. The summed E-state index contributed by atoms with van der Waals surface area (Å²) in [7, 11) is -1.21. The van der Waals surface area contributed by atoms with Crippen LogP contribution in [-0.2, 0) is 21.8 Å². The predicted octanol–water partition coefficient (Wildman–Crippen LogP) is 0.658. The molecule has 2 aliphatic rings. The van der Waals surface area contributed by atoms with Gasteiger partial charge in [0.25, 0.3) is 0 Å². The third kappa shape index (κ3) is 6.04. The molecule has 28 heavy (non-hydrogen) atoms. The summed E-state index contributed by atoms with van der Waals surface area (Å²) < 4.78 is 32.6. The fourth-order valence-corrected chi connectivity index (χ4v) is 4.46. The molecule has 2 saturated heterocycles. The first kappa shape index (κ1) is 23.4. The van der Waals surface area contributed by atoms with Gasteiger partial charge in [0.1, 0.15) is 6.10 Å². The largest absolute Gasteiger partial charge is 0.370 e. The number of morpholine rings is 1. The highest BCUT2D eigenvalue weighted by Crippen LogP contribution is 2.22. The Hall–Kier alpha value is -0.920. The van der Waals surface area contributed by atoms with E-state index >= 15 is 0 Å². The van der Waals surface area contributed by atoms with Crippen molar-refractivity contribution < 1.29 is 13.2 Å². The minimum atomic E-state index is -3.11. The Morgan fingerprint density at radius 3 is 2.79 bits per heavy atom. The van der Waals surface area contributed by atoms with E-state index in [1.165, 1.54) is 6.26 Å². The molecule has 2 unspecified atom stereocenters. The highest BCUT2D eigenvalue weighted by Gasteiger charge is 2.29. The lowest BCUT2D eigenvalue weighted by atomic mass is 10.1. The average Bonchev–Trinajstić information content (AvgIpc) is 3.27. The van der Waals surface area contributed by atoms with Crippen LogP contribution in [0.5, 0.6) is 0 Å². The maximum absolute atomic E-state index is 11.7. The van der Waals surface area contributed by atoms with Gasteiger partial charge >= 0.3 is 0 Å². The molecule has 0 bridgehead atoms. The van der Waals surface area contributed by atoms with Crippen molar-refractivity contribution in [2.75, 3.05) is 52.1 Å². The summed E-state index contributed by atoms with van der Waals surface area (Å²) in [5, 5.41) is 7.59. The highest BCUT2D eigenvalue weighted by atomic mass is 127. The van der Waals surface area contributed by atoms with Crippen LogP contribution in [0.15, 0.2) is 17.4 Å². The van der Waals surface area contributed by atoms with Crippen molar-refractivity contribution in [2.24, 2.45) is 18.0 Å². The summed E-state index contributed by atoms with van der Waals surface area (Å²) in [6.45, 7) is 6.75. The average molecular weight is 526 g/mol. The second-order valence-electron chi connectivity index (χ2n) is 7.22. The smallest absolute Gasteiger partial charge is 0.211 e. The summed E-state index contributed by atoms with van der Waals surface area (Å²) in [5.41, 5.74) is 1.07. The van der Waals surface area contributed by atoms with Gasteiger partial charge in [-0.15, -0.1) is 24.0 Å². The number of nitrogens with one attached hydrogen (secondary N) is 1. The molecule has 11 heteroatoms. The van der Waals surface area contributed by atoms with E-state index in [0.717, 1.165) is 37.6 Å². The van der Waals surface area contributed by atoms with E-state index in [4.69, 9.17) is 9.73 Å². The van der Waals surface area contributed by atoms with Crippen molar-refractivity contribution in [1.29, 1.82) is 0 Å². The lowest BCUT2D eigenvalue weighted by molar-refractivity contribution is -0.00806. The number of ether oxygens (including phenoxy) is 1. The van der Waals surface area contributed by atoms with E-state index in [1.807, 2.05) is 19.4 Å². The Labute approximate surface area is 184 Å². The van der Waals surface area contributed by atoms with E-state index in [0.29, 0.717) is 26.2 Å². The fraction of sp³-hybridized carbons (Fsp3) is 0.765. The second-order valence-corrected chi connectivity index (χ2v) is 9.21. The number of hydrogen-bond donors (Lipinski definition) is 1. The summed E-state index contributed by atoms with van der Waals surface area (Å²) in [6.07, 6.45) is 5.93. The molecule has 0 amide bonds. The van der Waals surface area contributed by atoms with Gasteiger partial charge in [-0.1, -0.05) is 0 Å². The van der Waals surface area contributed by atoms with Crippen LogP contribution in [-0.4, -0.2) is 85.5 Å². The molecule has 1 aromatic heterocycles. The van der Waals surface area contributed by atoms with Crippen molar-refractivity contribution in [3.63, 3.8) is 0 Å². The molecule has 160 valence electrons. The van der Waals surface area contributed by atoms with Crippen LogP contribution in [0.25, 0.3) is 0 Å². The first-order chi connectivity index (χ1) is 12.9. The molecule has 0 aromatic carbocycles. The molecule has 0 saturated carbocycles. The molecule has 2 fully saturated rings. The third-order valence-electron chi connectivity index (χ3n) is 5.01. The van der Waals surface area contributed by atoms with Crippen LogP contribution in [0, 0.1) is 5.92 Å². The number of aliphatic imine (C=N–C) groups is 1. The van der Waals surface area contributed by atoms with Gasteiger partial charge in [-0.2, -0.15) is 5.10 Å². The quantitative estimate of drug-likeness (QED) is 0.345. The monoisotopic (exact) mass is 526 g/mol. The molecule has 1 aromatic rings. The van der Waals surface area contributed by atoms with Gasteiger partial charge < -0.3 is 15.0 Å². The Morgan fingerprint density at radius 1 is 1.39 bits per heavy atom. The molecule has 0 aliphatic carbocycles. The number of nitrogens with zero attached hydrogens (tertiary/aromatic N) is 5. The zero-order valence-corrected chi connectivity index (χ0v) is 19.9. The SMILES string of the molecule is CCNC(=NCC1CCN(S(C)(=O)=O)C1)N1CCOC(c2cnn(C)c2)C1.I. The number of guanidine groups is 1. The molecule has 2 atom stereocenters. The van der Waals surface area contributed by atoms with Crippen LogP contribution in [0.3, 0.4) is 0 Å². The Balaban J connectivity index is 0.00000280. The maximum Gasteiger partial charge on any atom is 0.211 e. The molecule has 0 spiro atoms. The molecule has 9 nitrogen and oxygen atoms in total. The number of aryl methyl sites for hydroxylation is 1. The van der Waals surface area contributed by atoms with Gasteiger partial charge in [0, 0.05) is 51.5 Å². The lowest BCUT2D eigenvalue weighted by Gasteiger charge is -2.35. The number of sulfonamides is 1. The molecule has 2 aliphatic heterocycles. The Bertz CT molecular complexity index is 769. The highest BCUT2D eigenvalue weighted by molar-refractivity contribution is 14.0. The maximum atomic E-state index is 11.7. The number of rotatable bonds is 5. The van der Waals surface area contributed by atoms with Crippen LogP contribution in [0.2, 0.25) is 0 Å². The summed E-state index contributed by atoms with van der Waals surface area (Å²) >= 11 is 0. The predicted molar refractivity (Wildman–Crippen MR) is 119 cm³/mol. The standard InChI is InChI=1S/C17H30N6O3S.HI/c1-4-18-17(19-9-14-5-6-23(11-14)27(3,24)25)22-7-8-26-16(13-22)15-10-20-21(2)12-15;/h10,12,14,16H,4-9,11,13H2,1-3H3,(H,18,19);1H. The molecular weight excluding hydrogens is 495 g/mol. The van der Waals surface area contributed by atoms with Crippen LogP contribution in [0.1, 0.15) is 25.0 Å². The second kappa shape index (κ2) is 10.2. The fourth-order valence-electron chi connectivity index (χ4n) is 3.54. The molecule has 1 N–H and O–H groups in total. The Morgan fingerprint density at radius 2 is 2.18 bits per heavy atom. The van der Waals surface area contributed by atoms with E-state index in [1.54, 1.807) is 8.99 Å². The van der Waals surface area contributed by atoms with Crippen LogP contribution >= 0.6 is 24.0 Å². The van der Waals surface area contributed by atoms with E-state index < -0.39 is 10.0 Å². The minimum Gasteiger partial charge on any atom is -0.370 e. The zero-order chi connectivity index (χ0) is 19.4. The van der Waals surface area contributed by atoms with Crippen molar-refractivity contribution in [1.82, 2.24) is 24.3 Å². The van der Waals surface area contributed by atoms with Crippen LogP contribution in [0.4, 0.5) is 0 Å². The van der Waals surface area contributed by atoms with E-state index in [2.05, 4.69) is 22.2 Å². The minimum absolute atomic E-state index is 0. The van der Waals surface area contributed by atoms with Gasteiger partial charge in [0.2, 0.25) is 10.0 Å². The molecule has 0 radical (unpaired) electrons. The van der Waals surface area contributed by atoms with Gasteiger partial charge in [-0.05, 0) is 19.3 Å². The lowest BCUT2D eigenvalue weighted by Crippen LogP contribution is -2.48. The van der Waals surface area contributed by atoms with Crippen molar-refractivity contribution in [3.05, 3.63) is 18.0 Å². The Kier molecular flexibility index (Phi) is 8.52. The third-order valence-corrected chi connectivity index (χ3v) is 6.28. The number of aromatic nitrogens is 2. The molecule has 3 rings (SSSR count). The molecule has 3 heterocycles. The van der Waals surface area contributed by atoms with Gasteiger partial charge in [-0.3, -0.25) is 9.67 Å². The van der Waals surface area contributed by atoms with Crippen molar-refractivity contribution in [2.45, 2.75) is 19.4 Å². The molecular formula is C17H31IN6O3S. The first-order valence-corrected chi connectivity index (χ1v) is 11.3. The van der Waals surface area contributed by atoms with Crippen LogP contribution < -0.4 is 5.32 Å². The normalized spacial score (nSPS) is 24.2. The van der Waals surface area contributed by atoms with Gasteiger partial charge in [0.15, 0.2) is 5.96 Å².